The van der Waals surface area contributed by atoms with Crippen molar-refractivity contribution in [2.75, 3.05) is 21.3 Å². The van der Waals surface area contributed by atoms with Crippen molar-refractivity contribution in [2.24, 2.45) is 100.0 Å². The molecule has 102 heavy (non-hydrogen) atoms. The standard InChI is InChI=1S/C90H122O12/c1-50-52-22-24-59-80(9,35-41-85(14)61-47-77(6,71(92)96-19)29-26-74(61,3)32-38-83(59,85)12)54(52)44-57-66(50)100-68-65-51(2)67-58(45-56(65)82(11)37-43-87(16)63-49-79(8,73(94)98-21)31-28-76(63,5)34-40-88(87,17)70(82)69(68)99-57)101-89(18)53-23-25-60-81(10,55(53)46-64(91)90(89,95)102-67)36-42-86(15)62-48-78(7,72(93)97-20)30-27-75(62,4)33-39-84(60,86)13/h23,25,44-46,59,61-63,68-70,95H,22,24,26-43,47-49H2,1-21H3/t59?,61?,62-,63?,68-,69?,70?,74-,75-,76-,77-,78-,79-,80+,81+,82+,83-,84-,85+,86+,87+,88-,89+,90-/m1/s1. The lowest BCUT2D eigenvalue weighted by atomic mass is 9.32. The monoisotopic (exact) mass is 1390 g/mol. The molecule has 15 aliphatic rings. The molecule has 0 bridgehead atoms. The molecule has 9 saturated carbocycles. The molecule has 2 aromatic rings. The largest absolute Gasteiger partial charge is 0.482 e. The van der Waals surface area contributed by atoms with E-state index in [1.54, 1.807) is 20.3 Å². The van der Waals surface area contributed by atoms with E-state index in [-0.39, 0.29) is 83.9 Å². The van der Waals surface area contributed by atoms with Crippen LogP contribution in [0, 0.1) is 114 Å². The van der Waals surface area contributed by atoms with Gasteiger partial charge in [-0.3, -0.25) is 19.2 Å². The van der Waals surface area contributed by atoms with E-state index in [0.29, 0.717) is 29.3 Å². The number of carbonyl (C=O) groups excluding carboxylic acids is 4. The lowest BCUT2D eigenvalue weighted by Gasteiger charge is -2.73. The number of benzene rings is 2. The van der Waals surface area contributed by atoms with Crippen LogP contribution in [-0.4, -0.2) is 67.6 Å². The van der Waals surface area contributed by atoms with Gasteiger partial charge < -0.3 is 38.3 Å². The highest BCUT2D eigenvalue weighted by molar-refractivity contribution is 6.02. The maximum absolute atomic E-state index is 15.7. The van der Waals surface area contributed by atoms with Gasteiger partial charge in [-0.15, -0.1) is 0 Å². The number of hydrogen-bond donors (Lipinski definition) is 1. The Kier molecular flexibility index (Phi) is 14.2. The van der Waals surface area contributed by atoms with E-state index in [0.717, 1.165) is 180 Å². The summed E-state index contributed by atoms with van der Waals surface area (Å²) in [6, 6.07) is 4.71. The Bertz CT molecular complexity index is 4200. The smallest absolute Gasteiger partial charge is 0.317 e. The van der Waals surface area contributed by atoms with Gasteiger partial charge in [-0.25, -0.2) is 0 Å². The molecular formula is C90H122O12. The van der Waals surface area contributed by atoms with E-state index in [9.17, 15) is 19.5 Å². The van der Waals surface area contributed by atoms with Crippen molar-refractivity contribution >= 4 is 23.7 Å². The number of hydrogen-bond acceptors (Lipinski definition) is 12. The Labute approximate surface area is 609 Å². The normalized spacial score (nSPS) is 50.7. The molecule has 2 heterocycles. The summed E-state index contributed by atoms with van der Waals surface area (Å²) in [7, 11) is 4.66. The van der Waals surface area contributed by atoms with Gasteiger partial charge in [0.1, 0.15) is 6.10 Å². The third-order valence-electron chi connectivity index (χ3n) is 37.8. The summed E-state index contributed by atoms with van der Waals surface area (Å²) < 4.78 is 47.8. The highest BCUT2D eigenvalue weighted by Gasteiger charge is 2.76. The van der Waals surface area contributed by atoms with Gasteiger partial charge >= 0.3 is 23.7 Å². The van der Waals surface area contributed by atoms with Gasteiger partial charge in [0.05, 0.1) is 37.6 Å². The van der Waals surface area contributed by atoms with Crippen LogP contribution in [0.25, 0.3) is 0 Å². The van der Waals surface area contributed by atoms with Gasteiger partial charge in [-0.2, -0.15) is 0 Å². The maximum Gasteiger partial charge on any atom is 0.317 e. The van der Waals surface area contributed by atoms with Crippen molar-refractivity contribution < 1.29 is 57.4 Å². The molecule has 554 valence electrons. The number of carbonyl (C=O) groups is 4. The van der Waals surface area contributed by atoms with Crippen LogP contribution in [-0.2, 0) is 50.6 Å². The Morgan fingerprint density at radius 2 is 0.961 bits per heavy atom. The van der Waals surface area contributed by atoms with Crippen molar-refractivity contribution in [3.63, 3.8) is 0 Å². The van der Waals surface area contributed by atoms with Crippen LogP contribution in [0.4, 0.5) is 0 Å². The Morgan fingerprint density at radius 1 is 0.480 bits per heavy atom. The minimum absolute atomic E-state index is 0.0383. The predicted molar refractivity (Wildman–Crippen MR) is 393 cm³/mol. The number of aliphatic hydroxyl groups is 1. The van der Waals surface area contributed by atoms with E-state index in [1.807, 2.05) is 6.92 Å². The molecule has 5 unspecified atom stereocenters. The molecule has 0 aromatic heterocycles. The number of allylic oxidation sites excluding steroid dienone is 3. The second-order valence-corrected chi connectivity index (χ2v) is 41.8. The second kappa shape index (κ2) is 20.8. The molecule has 0 spiro atoms. The molecule has 17 rings (SSSR count). The molecule has 1 N–H and O–H groups in total. The van der Waals surface area contributed by atoms with Crippen molar-refractivity contribution in [3.05, 3.63) is 80.5 Å². The number of rotatable bonds is 3. The number of fused-ring (bicyclic) bond motifs is 28. The average Bonchev–Trinajstić information content (AvgIpc) is 0.669. The molecule has 9 fully saturated rings. The van der Waals surface area contributed by atoms with Gasteiger partial charge in [0.2, 0.25) is 11.4 Å². The predicted octanol–water partition coefficient (Wildman–Crippen LogP) is 19.3. The fraction of sp³-hybridized carbons (Fsp3) is 0.756. The van der Waals surface area contributed by atoms with Crippen LogP contribution < -0.4 is 18.9 Å². The minimum atomic E-state index is -2.41. The van der Waals surface area contributed by atoms with Crippen LogP contribution in [0.3, 0.4) is 0 Å². The van der Waals surface area contributed by atoms with Crippen molar-refractivity contribution in [1.29, 1.82) is 0 Å². The van der Waals surface area contributed by atoms with Crippen molar-refractivity contribution in [1.82, 2.24) is 0 Å². The van der Waals surface area contributed by atoms with Crippen LogP contribution in [0.15, 0.2) is 47.1 Å². The van der Waals surface area contributed by atoms with Crippen LogP contribution in [0.1, 0.15) is 292 Å². The SMILES string of the molecule is COC(=O)[C@]1(C)CC[C@]2(C)CC[C@]3(C)C4CCc5c(cc6c(c5C)O[C@@H]5c7c(cc8c(c7C)O[C@]7(O)C(=O)C=C9C(=CC=C%10[C@@]9(C)CC[C@@]9(C)[C@@H]%11C[C@](C)(C(=O)OC)CC[C@]%11(C)CC[C@]%109C)[C@]7(C)O8)[C@]7(C)CC[C@@]8(C)C9C[C@](C)(C(=O)OC)CC[C@]9(C)CC[C@]8(C)C7C5O6)[C@]4(C)CC[C@@]3(C)C2C1. The molecule has 0 radical (unpaired) electrons. The number of ether oxygens (including phenoxy) is 7. The maximum atomic E-state index is 15.7. The molecule has 12 nitrogen and oxygen atoms in total. The van der Waals surface area contributed by atoms with E-state index >= 15 is 4.79 Å². The first-order chi connectivity index (χ1) is 47.5. The zero-order valence-electron chi connectivity index (χ0n) is 66.1. The number of ketones is 1. The first-order valence-corrected chi connectivity index (χ1v) is 40.2. The lowest BCUT2D eigenvalue weighted by molar-refractivity contribution is -0.239. The number of methoxy groups -OCH3 is 3. The Morgan fingerprint density at radius 3 is 1.53 bits per heavy atom. The summed E-state index contributed by atoms with van der Waals surface area (Å²) in [5.74, 6) is 0.641. The summed E-state index contributed by atoms with van der Waals surface area (Å²) in [6.45, 7) is 43.1. The summed E-state index contributed by atoms with van der Waals surface area (Å²) in [5, 5.41) is 13.6. The van der Waals surface area contributed by atoms with Gasteiger partial charge in [0.15, 0.2) is 29.1 Å². The van der Waals surface area contributed by atoms with Crippen LogP contribution in [0.5, 0.6) is 23.0 Å². The van der Waals surface area contributed by atoms with Crippen molar-refractivity contribution in [2.45, 2.75) is 307 Å². The van der Waals surface area contributed by atoms with E-state index in [4.69, 9.17) is 33.2 Å². The Balaban J connectivity index is 0.782. The molecule has 12 heteroatoms. The highest BCUT2D eigenvalue weighted by Crippen LogP contribution is 2.81. The van der Waals surface area contributed by atoms with E-state index in [1.165, 1.54) is 36.7 Å². The van der Waals surface area contributed by atoms with Crippen LogP contribution in [0.2, 0.25) is 0 Å². The molecule has 0 amide bonds. The summed E-state index contributed by atoms with van der Waals surface area (Å²) in [4.78, 5) is 57.0. The Hall–Kier alpha value is -5.10. The summed E-state index contributed by atoms with van der Waals surface area (Å²) >= 11 is 0. The molecule has 2 aromatic carbocycles. The zero-order chi connectivity index (χ0) is 73.1. The lowest BCUT2D eigenvalue weighted by Crippen LogP contribution is -2.70. The fourth-order valence-corrected chi connectivity index (χ4v) is 30.3. The molecular weight excluding hydrogens is 1270 g/mol. The van der Waals surface area contributed by atoms with E-state index < -0.39 is 56.5 Å². The zero-order valence-corrected chi connectivity index (χ0v) is 66.1. The fourth-order valence-electron chi connectivity index (χ4n) is 30.3. The first kappa shape index (κ1) is 69.9. The highest BCUT2D eigenvalue weighted by atomic mass is 16.7. The molecule has 13 aliphatic carbocycles. The molecule has 24 atom stereocenters. The quantitative estimate of drug-likeness (QED) is 0.230. The van der Waals surface area contributed by atoms with Gasteiger partial charge in [0.25, 0.3) is 0 Å². The van der Waals surface area contributed by atoms with Crippen molar-refractivity contribution in [3.8, 4) is 23.0 Å². The third-order valence-corrected chi connectivity index (χ3v) is 37.8. The van der Waals surface area contributed by atoms with E-state index in [2.05, 4.69) is 142 Å². The average molecular weight is 1400 g/mol. The first-order valence-electron chi connectivity index (χ1n) is 40.2. The molecule has 0 saturated heterocycles. The van der Waals surface area contributed by atoms with Gasteiger partial charge in [-0.1, -0.05) is 101 Å². The number of esters is 3. The third kappa shape index (κ3) is 8.03. The van der Waals surface area contributed by atoms with Gasteiger partial charge in [0, 0.05) is 33.4 Å². The summed E-state index contributed by atoms with van der Waals surface area (Å²) in [6.07, 6.45) is 27.4. The van der Waals surface area contributed by atoms with Gasteiger partial charge in [-0.05, 0) is 313 Å². The summed E-state index contributed by atoms with van der Waals surface area (Å²) in [5.41, 5.74) is 4.98. The minimum Gasteiger partial charge on any atom is -0.482 e. The van der Waals surface area contributed by atoms with Crippen LogP contribution >= 0.6 is 0 Å². The second-order valence-electron chi connectivity index (χ2n) is 41.8. The molecule has 2 aliphatic heterocycles. The topological polar surface area (TPSA) is 153 Å².